The first-order chi connectivity index (χ1) is 8.81. The summed E-state index contributed by atoms with van der Waals surface area (Å²) in [6, 6.07) is 7.90. The molecule has 4 nitrogen and oxygen atoms in total. The topological polar surface area (TPSA) is 50.9 Å². The van der Waals surface area contributed by atoms with Crippen LogP contribution in [0.5, 0.6) is 5.75 Å². The highest BCUT2D eigenvalue weighted by atomic mass is 127. The number of ether oxygens (including phenoxy) is 1. The molecule has 1 heterocycles. The van der Waals surface area contributed by atoms with Gasteiger partial charge in [0.25, 0.3) is 0 Å². The molecule has 0 atom stereocenters. The predicted octanol–water partition coefficient (Wildman–Crippen LogP) is 2.18. The lowest BCUT2D eigenvalue weighted by atomic mass is 10.2. The van der Waals surface area contributed by atoms with Gasteiger partial charge in [0.05, 0.1) is 13.7 Å². The van der Waals surface area contributed by atoms with Crippen molar-refractivity contribution in [2.45, 2.75) is 6.54 Å². The summed E-state index contributed by atoms with van der Waals surface area (Å²) < 4.78 is 5.30. The van der Waals surface area contributed by atoms with Crippen LogP contribution in [-0.2, 0) is 6.54 Å². The van der Waals surface area contributed by atoms with Crippen molar-refractivity contribution in [1.29, 1.82) is 0 Å². The van der Waals surface area contributed by atoms with E-state index in [9.17, 15) is 0 Å². The van der Waals surface area contributed by atoms with E-state index >= 15 is 0 Å². The van der Waals surface area contributed by atoms with E-state index in [1.54, 1.807) is 7.11 Å². The number of nitrogens with zero attached hydrogens (tertiary/aromatic N) is 2. The maximum Gasteiger partial charge on any atom is 0.191 e. The standard InChI is InChI=1S/C13H19N3OS.HI/c1-17-12-5-3-2-4-11(12)10-15-13(14)16-6-8-18-9-7-16;/h2-5H,6-10H2,1H3,(H2,14,15);1H. The van der Waals surface area contributed by atoms with Crippen molar-refractivity contribution in [1.82, 2.24) is 4.90 Å². The van der Waals surface area contributed by atoms with Gasteiger partial charge in [-0.3, -0.25) is 0 Å². The molecule has 1 aromatic carbocycles. The van der Waals surface area contributed by atoms with Gasteiger partial charge in [0, 0.05) is 30.2 Å². The van der Waals surface area contributed by atoms with E-state index in [-0.39, 0.29) is 24.0 Å². The molecular formula is C13H20IN3OS. The Kier molecular flexibility index (Phi) is 7.37. The summed E-state index contributed by atoms with van der Waals surface area (Å²) in [6.45, 7) is 2.55. The highest BCUT2D eigenvalue weighted by molar-refractivity contribution is 14.0. The fourth-order valence-corrected chi connectivity index (χ4v) is 2.80. The number of aliphatic imine (C=N–C) groups is 1. The molecule has 106 valence electrons. The number of guanidine groups is 1. The number of rotatable bonds is 3. The Labute approximate surface area is 135 Å². The second kappa shape index (κ2) is 8.52. The van der Waals surface area contributed by atoms with Crippen molar-refractivity contribution in [3.05, 3.63) is 29.8 Å². The van der Waals surface area contributed by atoms with Crippen LogP contribution in [0, 0.1) is 0 Å². The lowest BCUT2D eigenvalue weighted by Crippen LogP contribution is -2.42. The third-order valence-electron chi connectivity index (χ3n) is 2.94. The Morgan fingerprint density at radius 1 is 1.37 bits per heavy atom. The van der Waals surface area contributed by atoms with E-state index < -0.39 is 0 Å². The monoisotopic (exact) mass is 393 g/mol. The molecule has 0 aliphatic carbocycles. The third kappa shape index (κ3) is 4.76. The van der Waals surface area contributed by atoms with Crippen molar-refractivity contribution in [3.8, 4) is 5.75 Å². The maximum atomic E-state index is 6.01. The highest BCUT2D eigenvalue weighted by Gasteiger charge is 2.12. The second-order valence-corrected chi connectivity index (χ2v) is 5.31. The van der Waals surface area contributed by atoms with Gasteiger partial charge in [-0.1, -0.05) is 18.2 Å². The smallest absolute Gasteiger partial charge is 0.191 e. The van der Waals surface area contributed by atoms with Crippen LogP contribution in [-0.4, -0.2) is 42.6 Å². The Morgan fingerprint density at radius 2 is 2.05 bits per heavy atom. The van der Waals surface area contributed by atoms with Crippen molar-refractivity contribution in [2.24, 2.45) is 10.7 Å². The molecule has 2 rings (SSSR count). The van der Waals surface area contributed by atoms with E-state index in [0.717, 1.165) is 35.9 Å². The van der Waals surface area contributed by atoms with Gasteiger partial charge in [-0.05, 0) is 6.07 Å². The molecule has 1 aliphatic heterocycles. The van der Waals surface area contributed by atoms with Crippen molar-refractivity contribution in [3.63, 3.8) is 0 Å². The molecule has 0 aromatic heterocycles. The number of benzene rings is 1. The van der Waals surface area contributed by atoms with Gasteiger partial charge >= 0.3 is 0 Å². The Bertz CT molecular complexity index is 422. The first-order valence-corrected chi connectivity index (χ1v) is 7.21. The van der Waals surface area contributed by atoms with Crippen LogP contribution < -0.4 is 10.5 Å². The van der Waals surface area contributed by atoms with Crippen LogP contribution in [0.1, 0.15) is 5.56 Å². The number of hydrogen-bond donors (Lipinski definition) is 1. The summed E-state index contributed by atoms with van der Waals surface area (Å²) in [6.07, 6.45) is 0. The average molecular weight is 393 g/mol. The minimum Gasteiger partial charge on any atom is -0.496 e. The van der Waals surface area contributed by atoms with Crippen LogP contribution >= 0.6 is 35.7 Å². The zero-order chi connectivity index (χ0) is 12.8. The van der Waals surface area contributed by atoms with Crippen LogP contribution in [0.3, 0.4) is 0 Å². The van der Waals surface area contributed by atoms with Gasteiger partial charge in [0.15, 0.2) is 5.96 Å². The Hall–Kier alpha value is -0.630. The molecule has 0 spiro atoms. The predicted molar refractivity (Wildman–Crippen MR) is 92.6 cm³/mol. The molecular weight excluding hydrogens is 373 g/mol. The molecule has 0 saturated carbocycles. The van der Waals surface area contributed by atoms with E-state index in [0.29, 0.717) is 12.5 Å². The minimum atomic E-state index is 0. The van der Waals surface area contributed by atoms with E-state index in [1.807, 2.05) is 36.0 Å². The fourth-order valence-electron chi connectivity index (χ4n) is 1.89. The molecule has 1 fully saturated rings. The Morgan fingerprint density at radius 3 is 2.74 bits per heavy atom. The lowest BCUT2D eigenvalue weighted by Gasteiger charge is -2.27. The van der Waals surface area contributed by atoms with E-state index in [4.69, 9.17) is 10.5 Å². The number of nitrogens with two attached hydrogens (primary N) is 1. The third-order valence-corrected chi connectivity index (χ3v) is 3.88. The molecule has 0 amide bonds. The summed E-state index contributed by atoms with van der Waals surface area (Å²) >= 11 is 1.96. The van der Waals surface area contributed by atoms with Crippen LogP contribution in [0.2, 0.25) is 0 Å². The minimum absolute atomic E-state index is 0. The molecule has 2 N–H and O–H groups in total. The normalized spacial score (nSPS) is 15.8. The van der Waals surface area contributed by atoms with Gasteiger partial charge in [0.1, 0.15) is 5.75 Å². The number of halogens is 1. The van der Waals surface area contributed by atoms with Gasteiger partial charge < -0.3 is 15.4 Å². The molecule has 1 saturated heterocycles. The lowest BCUT2D eigenvalue weighted by molar-refractivity contribution is 0.409. The van der Waals surface area contributed by atoms with E-state index in [2.05, 4.69) is 9.89 Å². The second-order valence-electron chi connectivity index (χ2n) is 4.09. The SMILES string of the molecule is COc1ccccc1CN=C(N)N1CCSCC1.I. The molecule has 1 aliphatic rings. The largest absolute Gasteiger partial charge is 0.496 e. The molecule has 6 heteroatoms. The Balaban J connectivity index is 0.00000180. The van der Waals surface area contributed by atoms with Crippen LogP contribution in [0.25, 0.3) is 0 Å². The number of thioether (sulfide) groups is 1. The van der Waals surface area contributed by atoms with Gasteiger partial charge in [-0.25, -0.2) is 4.99 Å². The summed E-state index contributed by atoms with van der Waals surface area (Å²) in [7, 11) is 1.67. The highest BCUT2D eigenvalue weighted by Crippen LogP contribution is 2.18. The number of para-hydroxylation sites is 1. The zero-order valence-corrected chi connectivity index (χ0v) is 14.2. The van der Waals surface area contributed by atoms with Crippen LogP contribution in [0.15, 0.2) is 29.3 Å². The summed E-state index contributed by atoms with van der Waals surface area (Å²) in [4.78, 5) is 6.60. The molecule has 1 aromatic rings. The van der Waals surface area contributed by atoms with Crippen molar-refractivity contribution >= 4 is 41.7 Å². The molecule has 0 unspecified atom stereocenters. The first kappa shape index (κ1) is 16.4. The summed E-state index contributed by atoms with van der Waals surface area (Å²) in [5, 5.41) is 0. The molecule has 0 radical (unpaired) electrons. The summed E-state index contributed by atoms with van der Waals surface area (Å²) in [5.74, 6) is 3.76. The van der Waals surface area contributed by atoms with Crippen molar-refractivity contribution in [2.75, 3.05) is 31.7 Å². The average Bonchev–Trinajstić information content (AvgIpc) is 2.46. The molecule has 0 bridgehead atoms. The first-order valence-electron chi connectivity index (χ1n) is 6.06. The number of methoxy groups -OCH3 is 1. The molecule has 19 heavy (non-hydrogen) atoms. The number of hydrogen-bond acceptors (Lipinski definition) is 3. The fraction of sp³-hybridized carbons (Fsp3) is 0.462. The maximum absolute atomic E-state index is 6.01. The van der Waals surface area contributed by atoms with Gasteiger partial charge in [0.2, 0.25) is 0 Å². The van der Waals surface area contributed by atoms with Gasteiger partial charge in [-0.15, -0.1) is 24.0 Å². The quantitative estimate of drug-likeness (QED) is 0.486. The van der Waals surface area contributed by atoms with Gasteiger partial charge in [-0.2, -0.15) is 11.8 Å². The van der Waals surface area contributed by atoms with E-state index in [1.165, 1.54) is 0 Å². The van der Waals surface area contributed by atoms with Crippen molar-refractivity contribution < 1.29 is 4.74 Å². The zero-order valence-electron chi connectivity index (χ0n) is 11.0. The summed E-state index contributed by atoms with van der Waals surface area (Å²) in [5.41, 5.74) is 7.08. The van der Waals surface area contributed by atoms with Crippen LogP contribution in [0.4, 0.5) is 0 Å².